The van der Waals surface area contributed by atoms with Gasteiger partial charge in [0.2, 0.25) is 0 Å². The van der Waals surface area contributed by atoms with Gasteiger partial charge >= 0.3 is 5.97 Å². The Morgan fingerprint density at radius 2 is 1.83 bits per heavy atom. The summed E-state index contributed by atoms with van der Waals surface area (Å²) in [6.45, 7) is 3.77. The molecule has 18 heavy (non-hydrogen) atoms. The molecule has 1 rings (SSSR count). The van der Waals surface area contributed by atoms with Crippen molar-refractivity contribution in [2.45, 2.75) is 32.6 Å². The van der Waals surface area contributed by atoms with Gasteiger partial charge in [0.1, 0.15) is 11.7 Å². The highest BCUT2D eigenvalue weighted by atomic mass is 19.1. The Kier molecular flexibility index (Phi) is 5.49. The van der Waals surface area contributed by atoms with Crippen LogP contribution < -0.4 is 0 Å². The number of carbonyl (C=O) groups is 2. The van der Waals surface area contributed by atoms with Crippen molar-refractivity contribution in [1.82, 2.24) is 0 Å². The van der Waals surface area contributed by atoms with Crippen molar-refractivity contribution in [1.29, 1.82) is 0 Å². The number of carbonyl (C=O) groups excluding carboxylic acids is 2. The van der Waals surface area contributed by atoms with Crippen LogP contribution in [-0.4, -0.2) is 18.4 Å². The van der Waals surface area contributed by atoms with E-state index in [9.17, 15) is 14.0 Å². The highest BCUT2D eigenvalue weighted by molar-refractivity contribution is 6.04. The Bertz CT molecular complexity index is 394. The lowest BCUT2D eigenvalue weighted by molar-refractivity contribution is -0.147. The Hall–Kier alpha value is -1.71. The van der Waals surface area contributed by atoms with Gasteiger partial charge in [0.25, 0.3) is 0 Å². The summed E-state index contributed by atoms with van der Waals surface area (Å²) in [4.78, 5) is 23.8. The molecule has 0 saturated heterocycles. The molecule has 0 aliphatic carbocycles. The fourth-order valence-corrected chi connectivity index (χ4v) is 1.72. The summed E-state index contributed by atoms with van der Waals surface area (Å²) >= 11 is 0. The van der Waals surface area contributed by atoms with Crippen LogP contribution in [0.2, 0.25) is 0 Å². The molecule has 3 nitrogen and oxygen atoms in total. The van der Waals surface area contributed by atoms with E-state index >= 15 is 0 Å². The predicted octanol–water partition coefficient (Wildman–Crippen LogP) is 2.84. The lowest BCUT2D eigenvalue weighted by Gasteiger charge is -2.14. The van der Waals surface area contributed by atoms with Crippen LogP contribution in [0.1, 0.15) is 38.2 Å². The topological polar surface area (TPSA) is 43.4 Å². The number of benzene rings is 1. The molecule has 0 fully saturated rings. The molecule has 4 heteroatoms. The van der Waals surface area contributed by atoms with Gasteiger partial charge in [0.15, 0.2) is 5.78 Å². The number of hydrogen-bond donors (Lipinski definition) is 0. The van der Waals surface area contributed by atoms with E-state index in [-0.39, 0.29) is 12.4 Å². The van der Waals surface area contributed by atoms with Gasteiger partial charge in [-0.1, -0.05) is 19.1 Å². The Morgan fingerprint density at radius 3 is 2.33 bits per heavy atom. The van der Waals surface area contributed by atoms with Crippen LogP contribution in [-0.2, 0) is 14.3 Å². The molecular formula is C14H17FO3. The number of hydrogen-bond acceptors (Lipinski definition) is 3. The second-order valence-corrected chi connectivity index (χ2v) is 3.95. The van der Waals surface area contributed by atoms with Crippen molar-refractivity contribution in [3.63, 3.8) is 0 Å². The van der Waals surface area contributed by atoms with Gasteiger partial charge in [-0.05, 0) is 31.0 Å². The largest absolute Gasteiger partial charge is 0.465 e. The lowest BCUT2D eigenvalue weighted by Crippen LogP contribution is -2.24. The van der Waals surface area contributed by atoms with Crippen LogP contribution in [0.4, 0.5) is 4.39 Å². The van der Waals surface area contributed by atoms with Crippen LogP contribution in [0.5, 0.6) is 0 Å². The first kappa shape index (κ1) is 14.4. The lowest BCUT2D eigenvalue weighted by atomic mass is 9.92. The van der Waals surface area contributed by atoms with Gasteiger partial charge in [0, 0.05) is 6.42 Å². The molecule has 1 aromatic carbocycles. The molecule has 98 valence electrons. The molecule has 0 aliphatic rings. The molecule has 0 spiro atoms. The SMILES string of the molecule is CCCC(=O)C(C(=O)OCC)c1ccc(F)cc1. The minimum Gasteiger partial charge on any atom is -0.465 e. The monoisotopic (exact) mass is 252 g/mol. The van der Waals surface area contributed by atoms with Crippen molar-refractivity contribution in [3.8, 4) is 0 Å². The third-order valence-corrected chi connectivity index (χ3v) is 2.54. The normalized spacial score (nSPS) is 11.9. The quantitative estimate of drug-likeness (QED) is 0.577. The first-order chi connectivity index (χ1) is 8.60. The van der Waals surface area contributed by atoms with Crippen molar-refractivity contribution in [2.24, 2.45) is 0 Å². The van der Waals surface area contributed by atoms with E-state index in [2.05, 4.69) is 0 Å². The Morgan fingerprint density at radius 1 is 1.22 bits per heavy atom. The van der Waals surface area contributed by atoms with Crippen LogP contribution in [0.15, 0.2) is 24.3 Å². The number of halogens is 1. The maximum atomic E-state index is 12.8. The maximum absolute atomic E-state index is 12.8. The summed E-state index contributed by atoms with van der Waals surface area (Å²) in [5.74, 6) is -2.10. The van der Waals surface area contributed by atoms with Crippen molar-refractivity contribution in [2.75, 3.05) is 6.61 Å². The van der Waals surface area contributed by atoms with Gasteiger partial charge in [-0.15, -0.1) is 0 Å². The molecule has 0 aliphatic heterocycles. The van der Waals surface area contributed by atoms with E-state index in [1.165, 1.54) is 24.3 Å². The number of esters is 1. The zero-order valence-electron chi connectivity index (χ0n) is 10.6. The van der Waals surface area contributed by atoms with E-state index in [0.29, 0.717) is 18.4 Å². The number of ketones is 1. The molecule has 0 saturated carbocycles. The molecule has 0 bridgehead atoms. The molecule has 0 radical (unpaired) electrons. The first-order valence-electron chi connectivity index (χ1n) is 6.05. The second kappa shape index (κ2) is 6.89. The summed E-state index contributed by atoms with van der Waals surface area (Å²) in [5, 5.41) is 0. The molecule has 0 aromatic heterocycles. The van der Waals surface area contributed by atoms with Crippen molar-refractivity contribution < 1.29 is 18.7 Å². The summed E-state index contributed by atoms with van der Waals surface area (Å²) in [5.41, 5.74) is 0.480. The molecule has 1 unspecified atom stereocenters. The van der Waals surface area contributed by atoms with Crippen LogP contribution in [0, 0.1) is 5.82 Å². The number of rotatable bonds is 6. The summed E-state index contributed by atoms with van der Waals surface area (Å²) in [7, 11) is 0. The van der Waals surface area contributed by atoms with E-state index in [0.717, 1.165) is 0 Å². The first-order valence-corrected chi connectivity index (χ1v) is 6.05. The van der Waals surface area contributed by atoms with E-state index in [1.807, 2.05) is 6.92 Å². The Balaban J connectivity index is 2.99. The highest BCUT2D eigenvalue weighted by Gasteiger charge is 2.28. The smallest absolute Gasteiger partial charge is 0.321 e. The van der Waals surface area contributed by atoms with Crippen molar-refractivity contribution >= 4 is 11.8 Å². The van der Waals surface area contributed by atoms with Gasteiger partial charge in [-0.3, -0.25) is 9.59 Å². The third-order valence-electron chi connectivity index (χ3n) is 2.54. The molecule has 0 N–H and O–H groups in total. The van der Waals surface area contributed by atoms with E-state index in [1.54, 1.807) is 6.92 Å². The summed E-state index contributed by atoms with van der Waals surface area (Å²) in [6.07, 6.45) is 0.969. The van der Waals surface area contributed by atoms with Gasteiger partial charge in [-0.25, -0.2) is 4.39 Å². The highest BCUT2D eigenvalue weighted by Crippen LogP contribution is 2.21. The zero-order chi connectivity index (χ0) is 13.5. The van der Waals surface area contributed by atoms with E-state index < -0.39 is 17.7 Å². The summed E-state index contributed by atoms with van der Waals surface area (Å²) in [6, 6.07) is 5.37. The predicted molar refractivity (Wildman–Crippen MR) is 65.7 cm³/mol. The zero-order valence-corrected chi connectivity index (χ0v) is 10.6. The molecule has 1 aromatic rings. The fourth-order valence-electron chi connectivity index (χ4n) is 1.72. The number of ether oxygens (including phenoxy) is 1. The average Bonchev–Trinajstić information content (AvgIpc) is 2.33. The molecule has 1 atom stereocenters. The van der Waals surface area contributed by atoms with Gasteiger partial charge in [-0.2, -0.15) is 0 Å². The molecule has 0 amide bonds. The van der Waals surface area contributed by atoms with Gasteiger partial charge < -0.3 is 4.74 Å². The van der Waals surface area contributed by atoms with Crippen molar-refractivity contribution in [3.05, 3.63) is 35.6 Å². The molecular weight excluding hydrogens is 235 g/mol. The fraction of sp³-hybridized carbons (Fsp3) is 0.429. The third kappa shape index (κ3) is 3.65. The Labute approximate surface area is 106 Å². The minimum atomic E-state index is -0.939. The van der Waals surface area contributed by atoms with Crippen LogP contribution >= 0.6 is 0 Å². The molecule has 0 heterocycles. The second-order valence-electron chi connectivity index (χ2n) is 3.95. The summed E-state index contributed by atoms with van der Waals surface area (Å²) < 4.78 is 17.7. The maximum Gasteiger partial charge on any atom is 0.321 e. The minimum absolute atomic E-state index is 0.192. The average molecular weight is 252 g/mol. The number of Topliss-reactive ketones (excluding diaryl/α,β-unsaturated/α-hetero) is 1. The standard InChI is InChI=1S/C14H17FO3/c1-3-5-12(16)13(14(17)18-4-2)10-6-8-11(15)9-7-10/h6-9,13H,3-5H2,1-2H3. The van der Waals surface area contributed by atoms with Gasteiger partial charge in [0.05, 0.1) is 6.61 Å². The van der Waals surface area contributed by atoms with E-state index in [4.69, 9.17) is 4.74 Å². The van der Waals surface area contributed by atoms with Crippen LogP contribution in [0.3, 0.4) is 0 Å². The van der Waals surface area contributed by atoms with Crippen LogP contribution in [0.25, 0.3) is 0 Å².